The molecule has 128 valence electrons. The predicted molar refractivity (Wildman–Crippen MR) is 90.9 cm³/mol. The molecule has 0 aliphatic carbocycles. The van der Waals surface area contributed by atoms with Crippen molar-refractivity contribution in [1.29, 1.82) is 0 Å². The summed E-state index contributed by atoms with van der Waals surface area (Å²) in [4.78, 5) is 14.6. The summed E-state index contributed by atoms with van der Waals surface area (Å²) >= 11 is 0. The molecular weight excluding hydrogens is 312 g/mol. The fourth-order valence-electron chi connectivity index (χ4n) is 2.65. The van der Waals surface area contributed by atoms with Gasteiger partial charge in [0.1, 0.15) is 0 Å². The minimum absolute atomic E-state index is 0.00858. The zero-order valence-electron chi connectivity index (χ0n) is 13.9. The second-order valence-electron chi connectivity index (χ2n) is 6.16. The molecule has 0 radical (unpaired) electrons. The van der Waals surface area contributed by atoms with E-state index in [1.54, 1.807) is 12.1 Å². The third-order valence-corrected chi connectivity index (χ3v) is 5.88. The van der Waals surface area contributed by atoms with E-state index in [1.807, 2.05) is 18.7 Å². The van der Waals surface area contributed by atoms with Crippen LogP contribution in [-0.4, -0.2) is 38.4 Å². The lowest BCUT2D eigenvalue weighted by molar-refractivity contribution is 0.0761. The SMILES string of the molecule is CCC(C)NS(=O)(=O)c1ccc(C(=O)N2CCCCCC2)cc1. The number of nitrogens with one attached hydrogen (secondary N) is 1. The second kappa shape index (κ2) is 7.93. The van der Waals surface area contributed by atoms with Crippen LogP contribution < -0.4 is 4.72 Å². The summed E-state index contributed by atoms with van der Waals surface area (Å²) < 4.78 is 27.1. The van der Waals surface area contributed by atoms with Gasteiger partial charge in [-0.3, -0.25) is 4.79 Å². The number of amides is 1. The maximum Gasteiger partial charge on any atom is 0.253 e. The van der Waals surface area contributed by atoms with Crippen LogP contribution in [-0.2, 0) is 10.0 Å². The molecule has 1 N–H and O–H groups in total. The maximum absolute atomic E-state index is 12.5. The number of carbonyl (C=O) groups excluding carboxylic acids is 1. The molecule has 0 bridgehead atoms. The van der Waals surface area contributed by atoms with Crippen LogP contribution in [0.5, 0.6) is 0 Å². The monoisotopic (exact) mass is 338 g/mol. The van der Waals surface area contributed by atoms with E-state index < -0.39 is 10.0 Å². The number of carbonyl (C=O) groups is 1. The molecule has 1 amide bonds. The van der Waals surface area contributed by atoms with Gasteiger partial charge in [-0.25, -0.2) is 13.1 Å². The Labute approximate surface area is 139 Å². The number of nitrogens with zero attached hydrogens (tertiary/aromatic N) is 1. The van der Waals surface area contributed by atoms with Crippen LogP contribution in [0.3, 0.4) is 0 Å². The fourth-order valence-corrected chi connectivity index (χ4v) is 3.98. The molecule has 1 fully saturated rings. The van der Waals surface area contributed by atoms with Crippen LogP contribution in [0.2, 0.25) is 0 Å². The van der Waals surface area contributed by atoms with Crippen LogP contribution >= 0.6 is 0 Å². The van der Waals surface area contributed by atoms with E-state index in [-0.39, 0.29) is 16.8 Å². The highest BCUT2D eigenvalue weighted by Crippen LogP contribution is 2.16. The van der Waals surface area contributed by atoms with E-state index in [1.165, 1.54) is 25.0 Å². The van der Waals surface area contributed by atoms with Crippen molar-refractivity contribution in [2.24, 2.45) is 0 Å². The minimum atomic E-state index is -3.52. The van der Waals surface area contributed by atoms with Crippen molar-refractivity contribution in [3.05, 3.63) is 29.8 Å². The molecule has 0 saturated carbocycles. The van der Waals surface area contributed by atoms with Crippen molar-refractivity contribution in [2.45, 2.75) is 56.9 Å². The van der Waals surface area contributed by atoms with Gasteiger partial charge in [-0.05, 0) is 50.5 Å². The van der Waals surface area contributed by atoms with Crippen LogP contribution in [0.15, 0.2) is 29.2 Å². The van der Waals surface area contributed by atoms with E-state index in [0.29, 0.717) is 5.56 Å². The molecule has 1 unspecified atom stereocenters. The van der Waals surface area contributed by atoms with Gasteiger partial charge in [-0.2, -0.15) is 0 Å². The Bertz CT molecular complexity index is 618. The highest BCUT2D eigenvalue weighted by molar-refractivity contribution is 7.89. The van der Waals surface area contributed by atoms with Crippen molar-refractivity contribution < 1.29 is 13.2 Å². The van der Waals surface area contributed by atoms with Gasteiger partial charge in [0.2, 0.25) is 10.0 Å². The number of benzene rings is 1. The molecule has 0 aromatic heterocycles. The molecule has 1 saturated heterocycles. The van der Waals surface area contributed by atoms with E-state index in [4.69, 9.17) is 0 Å². The normalized spacial score (nSPS) is 17.6. The summed E-state index contributed by atoms with van der Waals surface area (Å²) in [5.41, 5.74) is 0.550. The molecule has 5 nitrogen and oxygen atoms in total. The third-order valence-electron chi connectivity index (χ3n) is 4.27. The first-order chi connectivity index (χ1) is 10.9. The Balaban J connectivity index is 2.11. The zero-order valence-corrected chi connectivity index (χ0v) is 14.7. The second-order valence-corrected chi connectivity index (χ2v) is 7.88. The lowest BCUT2D eigenvalue weighted by atomic mass is 10.2. The van der Waals surface area contributed by atoms with Gasteiger partial charge >= 0.3 is 0 Å². The average Bonchev–Trinajstić information content (AvgIpc) is 2.83. The highest BCUT2D eigenvalue weighted by atomic mass is 32.2. The van der Waals surface area contributed by atoms with Gasteiger partial charge in [0.05, 0.1) is 4.90 Å². The number of hydrogen-bond acceptors (Lipinski definition) is 3. The zero-order chi connectivity index (χ0) is 16.9. The Morgan fingerprint density at radius 3 is 2.22 bits per heavy atom. The van der Waals surface area contributed by atoms with Crippen LogP contribution in [0.4, 0.5) is 0 Å². The fraction of sp³-hybridized carbons (Fsp3) is 0.588. The van der Waals surface area contributed by atoms with Crippen molar-refractivity contribution in [1.82, 2.24) is 9.62 Å². The van der Waals surface area contributed by atoms with Gasteiger partial charge in [0.15, 0.2) is 0 Å². The average molecular weight is 338 g/mol. The Hall–Kier alpha value is -1.40. The number of likely N-dealkylation sites (tertiary alicyclic amines) is 1. The number of sulfonamides is 1. The summed E-state index contributed by atoms with van der Waals surface area (Å²) in [5.74, 6) is -0.00858. The molecular formula is C17H26N2O3S. The smallest absolute Gasteiger partial charge is 0.253 e. The number of hydrogen-bond donors (Lipinski definition) is 1. The first-order valence-electron chi connectivity index (χ1n) is 8.35. The lowest BCUT2D eigenvalue weighted by Crippen LogP contribution is -2.33. The van der Waals surface area contributed by atoms with Crippen molar-refractivity contribution in [3.8, 4) is 0 Å². The summed E-state index contributed by atoms with van der Waals surface area (Å²) in [6.07, 6.45) is 5.14. The van der Waals surface area contributed by atoms with Crippen LogP contribution in [0.25, 0.3) is 0 Å². The molecule has 1 aromatic carbocycles. The molecule has 1 atom stereocenters. The predicted octanol–water partition coefficient (Wildman–Crippen LogP) is 2.78. The van der Waals surface area contributed by atoms with Gasteiger partial charge < -0.3 is 4.90 Å². The molecule has 2 rings (SSSR count). The Kier molecular flexibility index (Phi) is 6.18. The van der Waals surface area contributed by atoms with Crippen LogP contribution in [0.1, 0.15) is 56.3 Å². The van der Waals surface area contributed by atoms with E-state index in [9.17, 15) is 13.2 Å². The third kappa shape index (κ3) is 4.78. The standard InChI is InChI=1S/C17H26N2O3S/c1-3-14(2)18-23(21,22)16-10-8-15(9-11-16)17(20)19-12-6-4-5-7-13-19/h8-11,14,18H,3-7,12-13H2,1-2H3. The Morgan fingerprint density at radius 2 is 1.70 bits per heavy atom. The molecule has 1 heterocycles. The summed E-state index contributed by atoms with van der Waals surface area (Å²) in [6.45, 7) is 5.33. The quantitative estimate of drug-likeness (QED) is 0.898. The first-order valence-corrected chi connectivity index (χ1v) is 9.84. The first kappa shape index (κ1) is 17.9. The highest BCUT2D eigenvalue weighted by Gasteiger charge is 2.20. The molecule has 1 aliphatic heterocycles. The molecule has 23 heavy (non-hydrogen) atoms. The van der Waals surface area contributed by atoms with Gasteiger partial charge in [0, 0.05) is 24.7 Å². The Morgan fingerprint density at radius 1 is 1.13 bits per heavy atom. The lowest BCUT2D eigenvalue weighted by Gasteiger charge is -2.20. The molecule has 6 heteroatoms. The summed E-state index contributed by atoms with van der Waals surface area (Å²) in [6, 6.07) is 6.13. The van der Waals surface area contributed by atoms with Gasteiger partial charge in [0.25, 0.3) is 5.91 Å². The van der Waals surface area contributed by atoms with Crippen molar-refractivity contribution >= 4 is 15.9 Å². The van der Waals surface area contributed by atoms with Crippen molar-refractivity contribution in [3.63, 3.8) is 0 Å². The summed E-state index contributed by atoms with van der Waals surface area (Å²) in [7, 11) is -3.52. The maximum atomic E-state index is 12.5. The summed E-state index contributed by atoms with van der Waals surface area (Å²) in [5, 5.41) is 0. The largest absolute Gasteiger partial charge is 0.339 e. The van der Waals surface area contributed by atoms with Crippen molar-refractivity contribution in [2.75, 3.05) is 13.1 Å². The molecule has 1 aliphatic rings. The van der Waals surface area contributed by atoms with E-state index in [2.05, 4.69) is 4.72 Å². The topological polar surface area (TPSA) is 66.5 Å². The minimum Gasteiger partial charge on any atom is -0.339 e. The van der Waals surface area contributed by atoms with Crippen LogP contribution in [0, 0.1) is 0 Å². The van der Waals surface area contributed by atoms with Gasteiger partial charge in [-0.1, -0.05) is 19.8 Å². The number of rotatable bonds is 5. The van der Waals surface area contributed by atoms with E-state index in [0.717, 1.165) is 32.4 Å². The molecule has 1 aromatic rings. The van der Waals surface area contributed by atoms with Gasteiger partial charge in [-0.15, -0.1) is 0 Å². The molecule has 0 spiro atoms. The van der Waals surface area contributed by atoms with E-state index >= 15 is 0 Å².